The molecule has 1 aromatic heterocycles. The number of halogens is 1. The highest BCUT2D eigenvalue weighted by Gasteiger charge is 2.35. The van der Waals surface area contributed by atoms with E-state index in [2.05, 4.69) is 20.7 Å². The second-order valence-electron chi connectivity index (χ2n) is 7.65. The van der Waals surface area contributed by atoms with Crippen LogP contribution in [0.2, 0.25) is 5.02 Å². The van der Waals surface area contributed by atoms with E-state index in [1.165, 1.54) is 11.8 Å². The summed E-state index contributed by atoms with van der Waals surface area (Å²) < 4.78 is 13.4. The molecule has 2 N–H and O–H groups in total. The molecule has 2 aliphatic rings. The Kier molecular flexibility index (Phi) is 5.90. The number of fused-ring (bicyclic) bond motifs is 2. The van der Waals surface area contributed by atoms with E-state index in [1.54, 1.807) is 28.9 Å². The summed E-state index contributed by atoms with van der Waals surface area (Å²) in [4.78, 5) is 18.1. The molecule has 0 saturated carbocycles. The van der Waals surface area contributed by atoms with Crippen molar-refractivity contribution < 1.29 is 14.3 Å². The number of aromatic nitrogens is 3. The monoisotopic (exact) mass is 483 g/mol. The first-order valence-corrected chi connectivity index (χ1v) is 12.1. The maximum atomic E-state index is 13.5. The lowest BCUT2D eigenvalue weighted by Gasteiger charge is -2.29. The van der Waals surface area contributed by atoms with Gasteiger partial charge in [-0.3, -0.25) is 4.79 Å². The van der Waals surface area contributed by atoms with Crippen molar-refractivity contribution in [1.82, 2.24) is 14.8 Å². The first-order valence-electron chi connectivity index (χ1n) is 10.5. The summed E-state index contributed by atoms with van der Waals surface area (Å²) in [6.07, 6.45) is 2.73. The van der Waals surface area contributed by atoms with Crippen molar-refractivity contribution in [3.8, 4) is 11.5 Å². The number of hydrogen-bond acceptors (Lipinski definition) is 7. The van der Waals surface area contributed by atoms with E-state index in [0.29, 0.717) is 57.8 Å². The van der Waals surface area contributed by atoms with Crippen molar-refractivity contribution >= 4 is 40.9 Å². The Bertz CT molecular complexity index is 1240. The molecule has 0 radical (unpaired) electrons. The van der Waals surface area contributed by atoms with Crippen LogP contribution in [-0.2, 0) is 4.79 Å². The van der Waals surface area contributed by atoms with Crippen molar-refractivity contribution in [2.45, 2.75) is 24.5 Å². The molecule has 1 atom stereocenters. The number of amides is 1. The zero-order valence-electron chi connectivity index (χ0n) is 18.1. The SMILES string of the molecule is CSc1nc2n(n1)C(c1ccc3c(c1)OCCCO3)C(C(=O)Nc1ccc(Cl)cc1)=C(C)N2. The highest BCUT2D eigenvalue weighted by Crippen LogP contribution is 2.40. The number of nitrogens with zero attached hydrogens (tertiary/aromatic N) is 3. The number of carbonyl (C=O) groups excluding carboxylic acids is 1. The molecule has 1 unspecified atom stereocenters. The van der Waals surface area contributed by atoms with Crippen molar-refractivity contribution in [3.05, 3.63) is 64.3 Å². The fourth-order valence-corrected chi connectivity index (χ4v) is 4.38. The number of benzene rings is 2. The van der Waals surface area contributed by atoms with Crippen LogP contribution in [0.1, 0.15) is 24.9 Å². The molecule has 0 saturated heterocycles. The summed E-state index contributed by atoms with van der Waals surface area (Å²) in [7, 11) is 0. The van der Waals surface area contributed by atoms with Gasteiger partial charge in [0.2, 0.25) is 11.1 Å². The first-order chi connectivity index (χ1) is 16.0. The fraction of sp³-hybridized carbons (Fsp3) is 0.261. The van der Waals surface area contributed by atoms with Gasteiger partial charge in [-0.2, -0.15) is 4.98 Å². The average Bonchev–Trinajstić information content (AvgIpc) is 3.07. The number of rotatable bonds is 4. The van der Waals surface area contributed by atoms with Gasteiger partial charge in [0, 0.05) is 22.8 Å². The summed E-state index contributed by atoms with van der Waals surface area (Å²) in [6.45, 7) is 3.05. The van der Waals surface area contributed by atoms with Crippen LogP contribution in [0.25, 0.3) is 0 Å². The Hall–Kier alpha value is -3.17. The van der Waals surface area contributed by atoms with Crippen LogP contribution in [0.4, 0.5) is 11.6 Å². The molecule has 2 aliphatic heterocycles. The third kappa shape index (κ3) is 4.26. The van der Waals surface area contributed by atoms with Gasteiger partial charge in [0.25, 0.3) is 5.91 Å². The lowest BCUT2D eigenvalue weighted by atomic mass is 9.94. The Morgan fingerprint density at radius 3 is 2.70 bits per heavy atom. The zero-order chi connectivity index (χ0) is 22.9. The van der Waals surface area contributed by atoms with Gasteiger partial charge in [-0.1, -0.05) is 29.4 Å². The molecule has 0 fully saturated rings. The van der Waals surface area contributed by atoms with E-state index < -0.39 is 6.04 Å². The minimum Gasteiger partial charge on any atom is -0.490 e. The van der Waals surface area contributed by atoms with E-state index in [0.717, 1.165) is 12.0 Å². The number of carbonyl (C=O) groups is 1. The highest BCUT2D eigenvalue weighted by atomic mass is 35.5. The smallest absolute Gasteiger partial charge is 0.255 e. The van der Waals surface area contributed by atoms with Crippen LogP contribution in [0, 0.1) is 0 Å². The van der Waals surface area contributed by atoms with Crippen LogP contribution in [0.3, 0.4) is 0 Å². The largest absolute Gasteiger partial charge is 0.490 e. The van der Waals surface area contributed by atoms with Crippen LogP contribution >= 0.6 is 23.4 Å². The number of ether oxygens (including phenoxy) is 2. The molecule has 170 valence electrons. The van der Waals surface area contributed by atoms with Gasteiger partial charge < -0.3 is 20.1 Å². The minimum absolute atomic E-state index is 0.244. The fourth-order valence-electron chi connectivity index (χ4n) is 3.90. The lowest BCUT2D eigenvalue weighted by Crippen LogP contribution is -2.31. The van der Waals surface area contributed by atoms with Crippen molar-refractivity contribution in [3.63, 3.8) is 0 Å². The molecular formula is C23H22ClN5O3S. The molecule has 1 amide bonds. The standard InChI is InChI=1S/C23H22ClN5O3S/c1-13-19(21(30)26-16-7-5-15(24)6-8-16)20(29-22(25-13)27-23(28-29)33-2)14-4-9-17-18(12-14)32-11-3-10-31-17/h4-9,12,20H,3,10-11H2,1-2H3,(H,26,30)(H,25,27,28). The van der Waals surface area contributed by atoms with Gasteiger partial charge in [0.05, 0.1) is 18.8 Å². The Morgan fingerprint density at radius 2 is 1.94 bits per heavy atom. The molecule has 0 spiro atoms. The van der Waals surface area contributed by atoms with E-state index in [4.69, 9.17) is 21.1 Å². The van der Waals surface area contributed by atoms with Gasteiger partial charge in [-0.25, -0.2) is 4.68 Å². The second-order valence-corrected chi connectivity index (χ2v) is 8.86. The Balaban J connectivity index is 1.58. The minimum atomic E-state index is -0.501. The predicted molar refractivity (Wildman–Crippen MR) is 128 cm³/mol. The average molecular weight is 484 g/mol. The molecule has 10 heteroatoms. The lowest BCUT2D eigenvalue weighted by molar-refractivity contribution is -0.113. The molecule has 5 rings (SSSR count). The number of allylic oxidation sites excluding steroid dienone is 1. The van der Waals surface area contributed by atoms with E-state index in [-0.39, 0.29) is 5.91 Å². The summed E-state index contributed by atoms with van der Waals surface area (Å²) in [6, 6.07) is 12.2. The maximum Gasteiger partial charge on any atom is 0.255 e. The molecule has 2 aromatic carbocycles. The van der Waals surface area contributed by atoms with Crippen molar-refractivity contribution in [1.29, 1.82) is 0 Å². The predicted octanol–water partition coefficient (Wildman–Crippen LogP) is 4.74. The summed E-state index contributed by atoms with van der Waals surface area (Å²) in [5, 5.41) is 12.1. The van der Waals surface area contributed by atoms with Crippen molar-refractivity contribution in [2.24, 2.45) is 0 Å². The van der Waals surface area contributed by atoms with Crippen LogP contribution in [-0.4, -0.2) is 40.1 Å². The third-order valence-electron chi connectivity index (χ3n) is 5.45. The van der Waals surface area contributed by atoms with Gasteiger partial charge in [0.15, 0.2) is 11.5 Å². The van der Waals surface area contributed by atoms with E-state index in [1.807, 2.05) is 31.4 Å². The molecule has 3 aromatic rings. The van der Waals surface area contributed by atoms with Gasteiger partial charge in [0.1, 0.15) is 6.04 Å². The molecule has 0 bridgehead atoms. The molecular weight excluding hydrogens is 462 g/mol. The van der Waals surface area contributed by atoms with Crippen LogP contribution < -0.4 is 20.1 Å². The summed E-state index contributed by atoms with van der Waals surface area (Å²) in [5.74, 6) is 1.69. The normalized spacial score (nSPS) is 17.1. The summed E-state index contributed by atoms with van der Waals surface area (Å²) >= 11 is 7.43. The number of anilines is 2. The van der Waals surface area contributed by atoms with Crippen molar-refractivity contribution in [2.75, 3.05) is 30.1 Å². The van der Waals surface area contributed by atoms with Crippen LogP contribution in [0.15, 0.2) is 58.9 Å². The molecule has 8 nitrogen and oxygen atoms in total. The maximum absolute atomic E-state index is 13.5. The molecule has 3 heterocycles. The summed E-state index contributed by atoms with van der Waals surface area (Å²) in [5.41, 5.74) is 2.73. The number of hydrogen-bond donors (Lipinski definition) is 2. The van der Waals surface area contributed by atoms with E-state index >= 15 is 0 Å². The van der Waals surface area contributed by atoms with Gasteiger partial charge >= 0.3 is 0 Å². The van der Waals surface area contributed by atoms with Crippen LogP contribution in [0.5, 0.6) is 11.5 Å². The number of thioether (sulfide) groups is 1. The second kappa shape index (κ2) is 8.99. The topological polar surface area (TPSA) is 90.3 Å². The van der Waals surface area contributed by atoms with Gasteiger partial charge in [-0.05, 0) is 55.1 Å². The Labute approximate surface area is 200 Å². The molecule has 0 aliphatic carbocycles. The zero-order valence-corrected chi connectivity index (χ0v) is 19.7. The Morgan fingerprint density at radius 1 is 1.18 bits per heavy atom. The van der Waals surface area contributed by atoms with Gasteiger partial charge in [-0.15, -0.1) is 5.10 Å². The first kappa shape index (κ1) is 21.7. The molecule has 33 heavy (non-hydrogen) atoms. The number of nitrogens with one attached hydrogen (secondary N) is 2. The highest BCUT2D eigenvalue weighted by molar-refractivity contribution is 7.98. The quantitative estimate of drug-likeness (QED) is 0.518. The van der Waals surface area contributed by atoms with E-state index in [9.17, 15) is 4.79 Å². The third-order valence-corrected chi connectivity index (χ3v) is 6.24.